The molecule has 0 N–H and O–H groups in total. The number of benzene rings is 2. The summed E-state index contributed by atoms with van der Waals surface area (Å²) >= 11 is 0. The van der Waals surface area contributed by atoms with Crippen molar-refractivity contribution in [2.24, 2.45) is 4.99 Å². The maximum absolute atomic E-state index is 10.4. The molecular formula is C16H13NO. The zero-order valence-corrected chi connectivity index (χ0v) is 10.1. The van der Waals surface area contributed by atoms with Crippen LogP contribution in [-0.2, 0) is 4.79 Å². The van der Waals surface area contributed by atoms with Crippen LogP contribution in [0.25, 0.3) is 12.2 Å². The Kier molecular flexibility index (Phi) is 3.85. The number of aliphatic imine (C=N–C) groups is 1. The summed E-state index contributed by atoms with van der Waals surface area (Å²) in [5.41, 5.74) is 3.74. The average Bonchev–Trinajstić information content (AvgIpc) is 2.39. The van der Waals surface area contributed by atoms with Crippen LogP contribution in [0.2, 0.25) is 0 Å². The monoisotopic (exact) mass is 235 g/mol. The van der Waals surface area contributed by atoms with Crippen molar-refractivity contribution in [1.29, 1.82) is 0 Å². The zero-order chi connectivity index (χ0) is 12.8. The van der Waals surface area contributed by atoms with E-state index in [0.717, 1.165) is 16.7 Å². The lowest BCUT2D eigenvalue weighted by Crippen LogP contribution is -1.78. The van der Waals surface area contributed by atoms with E-state index in [1.165, 1.54) is 0 Å². The van der Waals surface area contributed by atoms with Gasteiger partial charge in [0.05, 0.1) is 5.69 Å². The van der Waals surface area contributed by atoms with Gasteiger partial charge in [-0.3, -0.25) is 0 Å². The Balaban J connectivity index is 2.34. The molecule has 2 nitrogen and oxygen atoms in total. The Morgan fingerprint density at radius 3 is 2.56 bits per heavy atom. The van der Waals surface area contributed by atoms with Crippen LogP contribution >= 0.6 is 0 Å². The first-order chi connectivity index (χ1) is 8.79. The van der Waals surface area contributed by atoms with E-state index in [0.29, 0.717) is 5.69 Å². The number of hydrogen-bond donors (Lipinski definition) is 0. The minimum atomic E-state index is 0.650. The molecule has 0 aromatic heterocycles. The predicted octanol–water partition coefficient (Wildman–Crippen LogP) is 4.13. The van der Waals surface area contributed by atoms with Gasteiger partial charge in [-0.15, -0.1) is 0 Å². The first-order valence-corrected chi connectivity index (χ1v) is 5.71. The van der Waals surface area contributed by atoms with Crippen molar-refractivity contribution in [3.63, 3.8) is 0 Å². The minimum Gasteiger partial charge on any atom is -0.211 e. The number of hydrogen-bond acceptors (Lipinski definition) is 2. The van der Waals surface area contributed by atoms with Crippen LogP contribution in [0.1, 0.15) is 16.7 Å². The maximum Gasteiger partial charge on any atom is 0.240 e. The number of rotatable bonds is 3. The van der Waals surface area contributed by atoms with Gasteiger partial charge in [0, 0.05) is 5.56 Å². The molecule has 18 heavy (non-hydrogen) atoms. The lowest BCUT2D eigenvalue weighted by molar-refractivity contribution is 0.565. The topological polar surface area (TPSA) is 29.4 Å². The third-order valence-corrected chi connectivity index (χ3v) is 2.61. The fraction of sp³-hybridized carbons (Fsp3) is 0.0625. The van der Waals surface area contributed by atoms with Crippen LogP contribution in [0.5, 0.6) is 0 Å². The number of carbonyl (C=O) groups excluding carboxylic acids is 1. The molecule has 2 aromatic carbocycles. The highest BCUT2D eigenvalue weighted by molar-refractivity contribution is 5.76. The second-order valence-corrected chi connectivity index (χ2v) is 4.01. The Labute approximate surface area is 106 Å². The van der Waals surface area contributed by atoms with E-state index in [2.05, 4.69) is 4.99 Å². The van der Waals surface area contributed by atoms with Gasteiger partial charge in [-0.25, -0.2) is 4.79 Å². The quantitative estimate of drug-likeness (QED) is 0.446. The van der Waals surface area contributed by atoms with Crippen LogP contribution in [0.4, 0.5) is 5.69 Å². The molecule has 0 bridgehead atoms. The molecule has 88 valence electrons. The summed E-state index contributed by atoms with van der Waals surface area (Å²) in [5.74, 6) is 0. The molecule has 0 atom stereocenters. The number of aryl methyl sites for hydroxylation is 1. The van der Waals surface area contributed by atoms with Gasteiger partial charge in [-0.2, -0.15) is 4.99 Å². The van der Waals surface area contributed by atoms with E-state index in [1.807, 2.05) is 67.6 Å². The van der Waals surface area contributed by atoms with E-state index >= 15 is 0 Å². The van der Waals surface area contributed by atoms with E-state index in [4.69, 9.17) is 0 Å². The largest absolute Gasteiger partial charge is 0.240 e. The highest BCUT2D eigenvalue weighted by atomic mass is 16.1. The molecule has 0 saturated heterocycles. The van der Waals surface area contributed by atoms with E-state index in [-0.39, 0.29) is 0 Å². The average molecular weight is 235 g/mol. The minimum absolute atomic E-state index is 0.650. The molecule has 0 aliphatic heterocycles. The molecule has 0 radical (unpaired) electrons. The van der Waals surface area contributed by atoms with Gasteiger partial charge in [0.1, 0.15) is 0 Å². The van der Waals surface area contributed by atoms with Crippen LogP contribution in [0, 0.1) is 6.92 Å². The third-order valence-electron chi connectivity index (χ3n) is 2.61. The van der Waals surface area contributed by atoms with Gasteiger partial charge in [0.25, 0.3) is 0 Å². The fourth-order valence-corrected chi connectivity index (χ4v) is 1.69. The summed E-state index contributed by atoms with van der Waals surface area (Å²) in [6.45, 7) is 1.97. The van der Waals surface area contributed by atoms with Gasteiger partial charge < -0.3 is 0 Å². The molecule has 2 rings (SSSR count). The van der Waals surface area contributed by atoms with Crippen molar-refractivity contribution in [3.05, 3.63) is 65.2 Å². The fourth-order valence-electron chi connectivity index (χ4n) is 1.69. The van der Waals surface area contributed by atoms with Gasteiger partial charge in [-0.1, -0.05) is 54.6 Å². The van der Waals surface area contributed by atoms with Crippen molar-refractivity contribution in [1.82, 2.24) is 0 Å². The molecule has 2 aromatic rings. The molecule has 0 unspecified atom stereocenters. The lowest BCUT2D eigenvalue weighted by Gasteiger charge is -2.00. The highest BCUT2D eigenvalue weighted by Gasteiger charge is 1.98. The summed E-state index contributed by atoms with van der Waals surface area (Å²) in [7, 11) is 0. The number of isocyanates is 1. The van der Waals surface area contributed by atoms with Gasteiger partial charge >= 0.3 is 0 Å². The Bertz CT molecular complexity index is 608. The lowest BCUT2D eigenvalue weighted by atomic mass is 10.1. The Hall–Kier alpha value is -2.44. The van der Waals surface area contributed by atoms with Crippen LogP contribution in [0.15, 0.2) is 53.5 Å². The standard InChI is InChI=1S/C16H13NO/c1-13-7-9-15(16(11-13)17-12-18)10-8-14-5-3-2-4-6-14/h2-11H,1H3. The molecule has 0 aliphatic carbocycles. The second kappa shape index (κ2) is 5.76. The molecule has 0 heterocycles. The predicted molar refractivity (Wildman–Crippen MR) is 74.3 cm³/mol. The Morgan fingerprint density at radius 1 is 1.06 bits per heavy atom. The van der Waals surface area contributed by atoms with Crippen LogP contribution in [0.3, 0.4) is 0 Å². The maximum atomic E-state index is 10.4. The molecule has 0 saturated carbocycles. The van der Waals surface area contributed by atoms with Crippen LogP contribution < -0.4 is 0 Å². The van der Waals surface area contributed by atoms with Gasteiger partial charge in [-0.05, 0) is 24.1 Å². The summed E-state index contributed by atoms with van der Waals surface area (Å²) < 4.78 is 0. The first-order valence-electron chi connectivity index (χ1n) is 5.71. The van der Waals surface area contributed by atoms with Gasteiger partial charge in [0.2, 0.25) is 6.08 Å². The zero-order valence-electron chi connectivity index (χ0n) is 10.1. The number of nitrogens with zero attached hydrogens (tertiary/aromatic N) is 1. The smallest absolute Gasteiger partial charge is 0.211 e. The molecular weight excluding hydrogens is 222 g/mol. The third kappa shape index (κ3) is 3.03. The second-order valence-electron chi connectivity index (χ2n) is 4.01. The van der Waals surface area contributed by atoms with E-state index < -0.39 is 0 Å². The summed E-state index contributed by atoms with van der Waals surface area (Å²) in [5, 5.41) is 0. The molecule has 2 heteroatoms. The SMILES string of the molecule is Cc1ccc(C=Cc2ccccc2)c(N=C=O)c1. The Morgan fingerprint density at radius 2 is 1.83 bits per heavy atom. The first kappa shape index (κ1) is 12.0. The van der Waals surface area contributed by atoms with Gasteiger partial charge in [0.15, 0.2) is 0 Å². The molecule has 0 fully saturated rings. The van der Waals surface area contributed by atoms with Crippen molar-refractivity contribution < 1.29 is 4.79 Å². The van der Waals surface area contributed by atoms with Crippen LogP contribution in [-0.4, -0.2) is 6.08 Å². The van der Waals surface area contributed by atoms with E-state index in [1.54, 1.807) is 6.08 Å². The van der Waals surface area contributed by atoms with Crippen molar-refractivity contribution in [2.75, 3.05) is 0 Å². The summed E-state index contributed by atoms with van der Waals surface area (Å²) in [6.07, 6.45) is 5.53. The molecule has 0 spiro atoms. The highest BCUT2D eigenvalue weighted by Crippen LogP contribution is 2.22. The van der Waals surface area contributed by atoms with Crippen molar-refractivity contribution >= 4 is 23.9 Å². The van der Waals surface area contributed by atoms with E-state index in [9.17, 15) is 4.79 Å². The molecule has 0 amide bonds. The molecule has 0 aliphatic rings. The van der Waals surface area contributed by atoms with Crippen molar-refractivity contribution in [3.8, 4) is 0 Å². The van der Waals surface area contributed by atoms with Crippen molar-refractivity contribution in [2.45, 2.75) is 6.92 Å². The normalized spacial score (nSPS) is 10.3. The summed E-state index contributed by atoms with van der Waals surface area (Å²) in [6, 6.07) is 15.8. The summed E-state index contributed by atoms with van der Waals surface area (Å²) in [4.78, 5) is 14.1.